The topological polar surface area (TPSA) is 26.3 Å². The largest absolute Gasteiger partial charge is 0.371 e. The molecule has 0 fully saturated rings. The van der Waals surface area contributed by atoms with E-state index in [4.69, 9.17) is 4.74 Å². The van der Waals surface area contributed by atoms with E-state index in [9.17, 15) is 4.79 Å². The van der Waals surface area contributed by atoms with Gasteiger partial charge in [0.15, 0.2) is 5.78 Å². The highest BCUT2D eigenvalue weighted by molar-refractivity contribution is 5.93. The molecule has 10 heavy (non-hydrogen) atoms. The van der Waals surface area contributed by atoms with Gasteiger partial charge in [0.25, 0.3) is 0 Å². The van der Waals surface area contributed by atoms with E-state index < -0.39 is 0 Å². The molecule has 0 saturated heterocycles. The molecule has 0 aromatic rings. The fourth-order valence-corrected chi connectivity index (χ4v) is 0.632. The number of carbonyl (C=O) groups excluding carboxylic acids is 1. The summed E-state index contributed by atoms with van der Waals surface area (Å²) in [6.07, 6.45) is 2.96. The first-order chi connectivity index (χ1) is 4.72. The van der Waals surface area contributed by atoms with Crippen molar-refractivity contribution in [3.8, 4) is 0 Å². The molecule has 0 N–H and O–H groups in total. The molecule has 58 valence electrons. The molecule has 0 aliphatic heterocycles. The normalized spacial score (nSPS) is 13.9. The van der Waals surface area contributed by atoms with Gasteiger partial charge in [-0.15, -0.1) is 0 Å². The third-order valence-corrected chi connectivity index (χ3v) is 1.15. The van der Waals surface area contributed by atoms with Crippen molar-refractivity contribution in [2.75, 3.05) is 6.61 Å². The Morgan fingerprint density at radius 1 is 1.70 bits per heavy atom. The molecule has 1 atom stereocenters. The van der Waals surface area contributed by atoms with Gasteiger partial charge < -0.3 is 4.74 Å². The first kappa shape index (κ1) is 9.37. The van der Waals surface area contributed by atoms with Crippen LogP contribution < -0.4 is 0 Å². The molecule has 0 aliphatic rings. The van der Waals surface area contributed by atoms with Crippen LogP contribution in [0.15, 0.2) is 12.2 Å². The van der Waals surface area contributed by atoms with Gasteiger partial charge >= 0.3 is 0 Å². The summed E-state index contributed by atoms with van der Waals surface area (Å²) < 4.78 is 5.06. The van der Waals surface area contributed by atoms with Crippen LogP contribution in [0.5, 0.6) is 0 Å². The second kappa shape index (κ2) is 5.18. The molecule has 0 radical (unpaired) electrons. The molecule has 0 saturated carbocycles. The summed E-state index contributed by atoms with van der Waals surface area (Å²) in [6.45, 7) is 6.03. The summed E-state index contributed by atoms with van der Waals surface area (Å²) in [5, 5.41) is 0. The molecule has 0 rings (SSSR count). The first-order valence-electron chi connectivity index (χ1n) is 3.50. The maximum Gasteiger partial charge on any atom is 0.183 e. The zero-order valence-corrected chi connectivity index (χ0v) is 6.76. The molecule has 1 unspecified atom stereocenters. The highest BCUT2D eigenvalue weighted by atomic mass is 16.5. The van der Waals surface area contributed by atoms with E-state index in [-0.39, 0.29) is 11.9 Å². The molecular formula is C8H14O2. The minimum Gasteiger partial charge on any atom is -0.371 e. The SMILES string of the molecule is C/C=C/C(=O)C(C)OCC. The number of ketones is 1. The summed E-state index contributed by atoms with van der Waals surface area (Å²) in [7, 11) is 0. The van der Waals surface area contributed by atoms with Crippen molar-refractivity contribution in [1.29, 1.82) is 0 Å². The van der Waals surface area contributed by atoms with E-state index in [1.807, 2.05) is 13.8 Å². The van der Waals surface area contributed by atoms with Crippen molar-refractivity contribution in [1.82, 2.24) is 0 Å². The van der Waals surface area contributed by atoms with Crippen molar-refractivity contribution in [2.24, 2.45) is 0 Å². The Hall–Kier alpha value is -0.630. The highest BCUT2D eigenvalue weighted by Crippen LogP contribution is 1.93. The van der Waals surface area contributed by atoms with Crippen LogP contribution in [0.1, 0.15) is 20.8 Å². The van der Waals surface area contributed by atoms with Crippen LogP contribution in [0.25, 0.3) is 0 Å². The molecule has 0 bridgehead atoms. The Labute approximate surface area is 61.9 Å². The number of hydrogen-bond donors (Lipinski definition) is 0. The van der Waals surface area contributed by atoms with Gasteiger partial charge in [0.2, 0.25) is 0 Å². The summed E-state index contributed by atoms with van der Waals surface area (Å²) in [5.74, 6) is 0.0318. The number of allylic oxidation sites excluding steroid dienone is 1. The maximum absolute atomic E-state index is 10.9. The van der Waals surface area contributed by atoms with E-state index in [0.29, 0.717) is 6.61 Å². The summed E-state index contributed by atoms with van der Waals surface area (Å²) in [5.41, 5.74) is 0. The van der Waals surface area contributed by atoms with Gasteiger partial charge in [0.1, 0.15) is 6.10 Å². The molecule has 0 aliphatic carbocycles. The van der Waals surface area contributed by atoms with E-state index in [0.717, 1.165) is 0 Å². The van der Waals surface area contributed by atoms with Crippen LogP contribution in [0.3, 0.4) is 0 Å². The van der Waals surface area contributed by atoms with Gasteiger partial charge in [-0.1, -0.05) is 6.08 Å². The van der Waals surface area contributed by atoms with Gasteiger partial charge in [-0.2, -0.15) is 0 Å². The quantitative estimate of drug-likeness (QED) is 0.557. The van der Waals surface area contributed by atoms with E-state index >= 15 is 0 Å². The van der Waals surface area contributed by atoms with Crippen molar-refractivity contribution < 1.29 is 9.53 Å². The number of carbonyl (C=O) groups is 1. The van der Waals surface area contributed by atoms with Gasteiger partial charge in [0, 0.05) is 6.61 Å². The van der Waals surface area contributed by atoms with Crippen molar-refractivity contribution >= 4 is 5.78 Å². The van der Waals surface area contributed by atoms with E-state index in [1.165, 1.54) is 6.08 Å². The molecule has 2 nitrogen and oxygen atoms in total. The van der Waals surface area contributed by atoms with Gasteiger partial charge in [-0.25, -0.2) is 0 Å². The maximum atomic E-state index is 10.9. The molecule has 0 heterocycles. The number of rotatable bonds is 4. The predicted molar refractivity (Wildman–Crippen MR) is 40.9 cm³/mol. The smallest absolute Gasteiger partial charge is 0.183 e. The average molecular weight is 142 g/mol. The zero-order chi connectivity index (χ0) is 7.98. The Morgan fingerprint density at radius 2 is 2.30 bits per heavy atom. The summed E-state index contributed by atoms with van der Waals surface area (Å²) >= 11 is 0. The lowest BCUT2D eigenvalue weighted by atomic mass is 10.2. The molecule has 0 amide bonds. The van der Waals surface area contributed by atoms with Crippen LogP contribution >= 0.6 is 0 Å². The summed E-state index contributed by atoms with van der Waals surface area (Å²) in [6, 6.07) is 0. The third-order valence-electron chi connectivity index (χ3n) is 1.15. The van der Waals surface area contributed by atoms with Crippen molar-refractivity contribution in [3.63, 3.8) is 0 Å². The van der Waals surface area contributed by atoms with Crippen LogP contribution in [0.4, 0.5) is 0 Å². The second-order valence-corrected chi connectivity index (χ2v) is 2.00. The Kier molecular flexibility index (Phi) is 4.85. The molecule has 2 heteroatoms. The van der Waals surface area contributed by atoms with Crippen LogP contribution in [-0.4, -0.2) is 18.5 Å². The fraction of sp³-hybridized carbons (Fsp3) is 0.625. The minimum atomic E-state index is -0.291. The monoisotopic (exact) mass is 142 g/mol. The molecule has 0 aromatic heterocycles. The molecule has 0 aromatic carbocycles. The Balaban J connectivity index is 3.70. The fourth-order valence-electron chi connectivity index (χ4n) is 0.632. The van der Waals surface area contributed by atoms with Gasteiger partial charge in [-0.3, -0.25) is 4.79 Å². The minimum absolute atomic E-state index is 0.0318. The molecular weight excluding hydrogens is 128 g/mol. The van der Waals surface area contributed by atoms with Gasteiger partial charge in [-0.05, 0) is 26.8 Å². The number of ether oxygens (including phenoxy) is 1. The lowest BCUT2D eigenvalue weighted by Crippen LogP contribution is -2.18. The average Bonchev–Trinajstić information content (AvgIpc) is 1.89. The number of hydrogen-bond acceptors (Lipinski definition) is 2. The molecule has 0 spiro atoms. The first-order valence-corrected chi connectivity index (χ1v) is 3.50. The van der Waals surface area contributed by atoms with Crippen molar-refractivity contribution in [3.05, 3.63) is 12.2 Å². The lowest BCUT2D eigenvalue weighted by Gasteiger charge is -2.05. The third kappa shape index (κ3) is 3.41. The highest BCUT2D eigenvalue weighted by Gasteiger charge is 2.07. The zero-order valence-electron chi connectivity index (χ0n) is 6.76. The van der Waals surface area contributed by atoms with E-state index in [1.54, 1.807) is 13.0 Å². The Morgan fingerprint density at radius 3 is 2.70 bits per heavy atom. The lowest BCUT2D eigenvalue weighted by molar-refractivity contribution is -0.124. The second-order valence-electron chi connectivity index (χ2n) is 2.00. The van der Waals surface area contributed by atoms with Crippen LogP contribution in [0, 0.1) is 0 Å². The standard InChI is InChI=1S/C8H14O2/c1-4-6-8(9)7(3)10-5-2/h4,6-7H,5H2,1-3H3/b6-4+. The summed E-state index contributed by atoms with van der Waals surface area (Å²) in [4.78, 5) is 10.9. The van der Waals surface area contributed by atoms with E-state index in [2.05, 4.69) is 0 Å². The van der Waals surface area contributed by atoms with Gasteiger partial charge in [0.05, 0.1) is 0 Å². The predicted octanol–water partition coefficient (Wildman–Crippen LogP) is 1.56. The van der Waals surface area contributed by atoms with Crippen molar-refractivity contribution in [2.45, 2.75) is 26.9 Å². The van der Waals surface area contributed by atoms with Crippen LogP contribution in [0.2, 0.25) is 0 Å². The Bertz CT molecular complexity index is 127. The van der Waals surface area contributed by atoms with Crippen LogP contribution in [-0.2, 0) is 9.53 Å².